The van der Waals surface area contributed by atoms with E-state index < -0.39 is 10.0 Å². The number of sulfonamides is 1. The molecule has 1 aliphatic rings. The van der Waals surface area contributed by atoms with Gasteiger partial charge in [-0.05, 0) is 50.3 Å². The van der Waals surface area contributed by atoms with E-state index in [1.165, 1.54) is 25.6 Å². The van der Waals surface area contributed by atoms with Crippen LogP contribution < -0.4 is 10.0 Å². The molecule has 0 unspecified atom stereocenters. The molecule has 0 aliphatic heterocycles. The fraction of sp³-hybridized carbons (Fsp3) is 0.688. The molecule has 1 heterocycles. The van der Waals surface area contributed by atoms with Crippen LogP contribution in [0.3, 0.4) is 0 Å². The topological polar surface area (TPSA) is 88.4 Å². The zero-order chi connectivity index (χ0) is 17.0. The normalized spacial score (nSPS) is 22.8. The Labute approximate surface area is 138 Å². The number of hydrogen-bond donors (Lipinski definition) is 2. The highest BCUT2D eigenvalue weighted by atomic mass is 32.2. The molecule has 2 N–H and O–H groups in total. The van der Waals surface area contributed by atoms with Crippen LogP contribution in [0.4, 0.5) is 0 Å². The third-order valence-corrected chi connectivity index (χ3v) is 5.92. The number of hydrogen-bond acceptors (Lipinski definition) is 4. The van der Waals surface area contributed by atoms with Crippen molar-refractivity contribution in [2.45, 2.75) is 57.1 Å². The maximum Gasteiger partial charge on any atom is 0.287 e. The lowest BCUT2D eigenvalue weighted by atomic mass is 9.89. The summed E-state index contributed by atoms with van der Waals surface area (Å²) >= 11 is 0. The summed E-state index contributed by atoms with van der Waals surface area (Å²) in [5, 5.41) is 2.72. The van der Waals surface area contributed by atoms with Gasteiger partial charge in [0.1, 0.15) is 0 Å². The molecule has 7 heteroatoms. The summed E-state index contributed by atoms with van der Waals surface area (Å²) in [6.07, 6.45) is 5.33. The Morgan fingerprint density at radius 1 is 1.22 bits per heavy atom. The molecule has 0 radical (unpaired) electrons. The largest absolute Gasteiger partial charge is 0.438 e. The summed E-state index contributed by atoms with van der Waals surface area (Å²) in [5.74, 6) is 1.07. The van der Waals surface area contributed by atoms with E-state index in [0.29, 0.717) is 11.8 Å². The van der Waals surface area contributed by atoms with Crippen LogP contribution >= 0.6 is 0 Å². The van der Waals surface area contributed by atoms with Crippen LogP contribution in [0.5, 0.6) is 0 Å². The molecule has 0 bridgehead atoms. The average molecular weight is 342 g/mol. The molecule has 1 amide bonds. The van der Waals surface area contributed by atoms with E-state index in [2.05, 4.69) is 23.9 Å². The summed E-state index contributed by atoms with van der Waals surface area (Å²) in [6.45, 7) is 4.49. The summed E-state index contributed by atoms with van der Waals surface area (Å²) in [7, 11) is -2.36. The maximum absolute atomic E-state index is 12.2. The highest BCUT2D eigenvalue weighted by molar-refractivity contribution is 7.89. The van der Waals surface area contributed by atoms with Crippen molar-refractivity contribution < 1.29 is 17.6 Å². The van der Waals surface area contributed by atoms with Crippen LogP contribution in [0.1, 0.15) is 56.5 Å². The van der Waals surface area contributed by atoms with Crippen LogP contribution in [0.15, 0.2) is 21.6 Å². The van der Waals surface area contributed by atoms with Crippen molar-refractivity contribution in [1.82, 2.24) is 10.0 Å². The van der Waals surface area contributed by atoms with E-state index in [-0.39, 0.29) is 22.8 Å². The standard InChI is InChI=1S/C16H26N2O4S/c1-11(2)12-5-4-6-13(8-7-12)18-16(19)14-9-10-15(22-14)23(20,21)17-3/h9-13,17H,4-8H2,1-3H3,(H,18,19)/t12-,13-/m1/s1. The van der Waals surface area contributed by atoms with E-state index in [0.717, 1.165) is 25.7 Å². The lowest BCUT2D eigenvalue weighted by Gasteiger charge is -2.18. The minimum absolute atomic E-state index is 0.0310. The van der Waals surface area contributed by atoms with Gasteiger partial charge in [0.05, 0.1) is 0 Å². The predicted octanol–water partition coefficient (Wildman–Crippen LogP) is 2.52. The lowest BCUT2D eigenvalue weighted by Crippen LogP contribution is -2.34. The highest BCUT2D eigenvalue weighted by Gasteiger charge is 2.24. The fourth-order valence-corrected chi connectivity index (χ4v) is 3.73. The molecule has 1 aliphatic carbocycles. The van der Waals surface area contributed by atoms with Crippen molar-refractivity contribution in [1.29, 1.82) is 0 Å². The molecule has 2 rings (SSSR count). The first-order valence-corrected chi connectivity index (χ1v) is 9.66. The highest BCUT2D eigenvalue weighted by Crippen LogP contribution is 2.29. The van der Waals surface area contributed by atoms with Crippen molar-refractivity contribution in [3.63, 3.8) is 0 Å². The molecule has 2 atom stereocenters. The first-order chi connectivity index (χ1) is 10.8. The van der Waals surface area contributed by atoms with Gasteiger partial charge in [-0.1, -0.05) is 26.7 Å². The van der Waals surface area contributed by atoms with Gasteiger partial charge in [0, 0.05) is 6.04 Å². The van der Waals surface area contributed by atoms with Crippen LogP contribution in [-0.4, -0.2) is 27.4 Å². The molecule has 1 fully saturated rings. The summed E-state index contributed by atoms with van der Waals surface area (Å²) in [4.78, 5) is 12.2. The third-order valence-electron chi connectivity index (χ3n) is 4.63. The Bertz CT molecular complexity index is 636. The van der Waals surface area contributed by atoms with Gasteiger partial charge < -0.3 is 9.73 Å². The number of carbonyl (C=O) groups is 1. The summed E-state index contributed by atoms with van der Waals surface area (Å²) in [6, 6.07) is 2.82. The lowest BCUT2D eigenvalue weighted by molar-refractivity contribution is 0.0899. The van der Waals surface area contributed by atoms with Gasteiger partial charge in [0.25, 0.3) is 15.9 Å². The second-order valence-corrected chi connectivity index (χ2v) is 8.33. The predicted molar refractivity (Wildman–Crippen MR) is 87.6 cm³/mol. The molecule has 1 saturated carbocycles. The maximum atomic E-state index is 12.2. The van der Waals surface area contributed by atoms with Crippen molar-refractivity contribution in [3.05, 3.63) is 17.9 Å². The Kier molecular flexibility index (Phi) is 5.86. The number of rotatable bonds is 5. The van der Waals surface area contributed by atoms with Crippen LogP contribution in [0.2, 0.25) is 0 Å². The molecule has 0 spiro atoms. The first kappa shape index (κ1) is 18.0. The molecule has 6 nitrogen and oxygen atoms in total. The Morgan fingerprint density at radius 3 is 2.61 bits per heavy atom. The SMILES string of the molecule is CNS(=O)(=O)c1ccc(C(=O)N[C@@H]2CCC[C@@H](C(C)C)CC2)o1. The fourth-order valence-electron chi connectivity index (χ4n) is 3.09. The van der Waals surface area contributed by atoms with Crippen molar-refractivity contribution in [2.75, 3.05) is 7.05 Å². The molecule has 1 aromatic rings. The smallest absolute Gasteiger partial charge is 0.287 e. The van der Waals surface area contributed by atoms with Gasteiger partial charge in [-0.2, -0.15) is 0 Å². The molecule has 0 saturated heterocycles. The average Bonchev–Trinajstić information content (AvgIpc) is 2.90. The Balaban J connectivity index is 1.97. The summed E-state index contributed by atoms with van der Waals surface area (Å²) < 4.78 is 30.6. The van der Waals surface area contributed by atoms with Gasteiger partial charge in [0.15, 0.2) is 5.76 Å². The second-order valence-electron chi connectivity index (χ2n) is 6.51. The van der Waals surface area contributed by atoms with E-state index in [1.807, 2.05) is 0 Å². The zero-order valence-corrected chi connectivity index (χ0v) is 14.8. The van der Waals surface area contributed by atoms with Crippen LogP contribution in [0, 0.1) is 11.8 Å². The van der Waals surface area contributed by atoms with E-state index >= 15 is 0 Å². The Morgan fingerprint density at radius 2 is 1.96 bits per heavy atom. The van der Waals surface area contributed by atoms with Crippen molar-refractivity contribution in [2.24, 2.45) is 11.8 Å². The van der Waals surface area contributed by atoms with Crippen LogP contribution in [0.25, 0.3) is 0 Å². The summed E-state index contributed by atoms with van der Waals surface area (Å²) in [5.41, 5.74) is 0. The van der Waals surface area contributed by atoms with Gasteiger partial charge in [-0.3, -0.25) is 4.79 Å². The Hall–Kier alpha value is -1.34. The van der Waals surface area contributed by atoms with E-state index in [1.54, 1.807) is 0 Å². The molecule has 130 valence electrons. The monoisotopic (exact) mass is 342 g/mol. The number of nitrogens with one attached hydrogen (secondary N) is 2. The van der Waals surface area contributed by atoms with Gasteiger partial charge in [-0.25, -0.2) is 13.1 Å². The van der Waals surface area contributed by atoms with Gasteiger partial charge in [0.2, 0.25) is 5.09 Å². The van der Waals surface area contributed by atoms with Gasteiger partial charge >= 0.3 is 0 Å². The van der Waals surface area contributed by atoms with Crippen molar-refractivity contribution >= 4 is 15.9 Å². The minimum Gasteiger partial charge on any atom is -0.438 e. The number of carbonyl (C=O) groups excluding carboxylic acids is 1. The molecule has 23 heavy (non-hydrogen) atoms. The van der Waals surface area contributed by atoms with E-state index in [4.69, 9.17) is 4.42 Å². The zero-order valence-electron chi connectivity index (χ0n) is 14.0. The first-order valence-electron chi connectivity index (χ1n) is 8.17. The van der Waals surface area contributed by atoms with Crippen molar-refractivity contribution in [3.8, 4) is 0 Å². The second kappa shape index (κ2) is 7.49. The number of amides is 1. The van der Waals surface area contributed by atoms with Crippen LogP contribution in [-0.2, 0) is 10.0 Å². The third kappa shape index (κ3) is 4.57. The van der Waals surface area contributed by atoms with E-state index in [9.17, 15) is 13.2 Å². The quantitative estimate of drug-likeness (QED) is 0.805. The molecule has 1 aromatic heterocycles. The van der Waals surface area contributed by atoms with Gasteiger partial charge in [-0.15, -0.1) is 0 Å². The molecular weight excluding hydrogens is 316 g/mol. The molecule has 0 aromatic carbocycles. The minimum atomic E-state index is -3.66. The number of furan rings is 1. The molecular formula is C16H26N2O4S.